The average Bonchev–Trinajstić information content (AvgIpc) is 3.12. The topological polar surface area (TPSA) is 72.8 Å². The van der Waals surface area contributed by atoms with Crippen LogP contribution in [0.25, 0.3) is 0 Å². The van der Waals surface area contributed by atoms with Gasteiger partial charge in [0.15, 0.2) is 6.10 Å². The van der Waals surface area contributed by atoms with Crippen molar-refractivity contribution in [2.45, 2.75) is 136 Å². The second-order valence-electron chi connectivity index (χ2n) is 12.0. The third kappa shape index (κ3) is 37.1. The van der Waals surface area contributed by atoms with E-state index in [1.165, 1.54) is 0 Å². The zero-order valence-corrected chi connectivity index (χ0v) is 31.3. The van der Waals surface area contributed by atoms with E-state index in [9.17, 15) is 14.7 Å². The number of hydrogen-bond donors (Lipinski definition) is 1. The number of unbranched alkanes of at least 4 members (excludes halogenated alkanes) is 7. The predicted molar refractivity (Wildman–Crippen MR) is 214 cm³/mol. The summed E-state index contributed by atoms with van der Waals surface area (Å²) in [6.07, 6.45) is 58.3. The number of esters is 2. The van der Waals surface area contributed by atoms with Gasteiger partial charge in [-0.2, -0.15) is 0 Å². The van der Waals surface area contributed by atoms with Crippen LogP contribution in [0.2, 0.25) is 0 Å². The average molecular weight is 689 g/mol. The minimum Gasteiger partial charge on any atom is -0.462 e. The monoisotopic (exact) mass is 689 g/mol. The van der Waals surface area contributed by atoms with E-state index in [2.05, 4.69) is 98.9 Å². The molecule has 0 saturated heterocycles. The van der Waals surface area contributed by atoms with Crippen molar-refractivity contribution < 1.29 is 24.2 Å². The molecular weight excluding hydrogens is 620 g/mol. The zero-order valence-electron chi connectivity index (χ0n) is 31.3. The first kappa shape index (κ1) is 46.3. The maximum absolute atomic E-state index is 12.2. The first-order chi connectivity index (χ1) is 24.6. The highest BCUT2D eigenvalue weighted by Crippen LogP contribution is 2.09. The van der Waals surface area contributed by atoms with E-state index in [1.807, 2.05) is 36.5 Å². The van der Waals surface area contributed by atoms with Gasteiger partial charge >= 0.3 is 11.9 Å². The third-order valence-corrected chi connectivity index (χ3v) is 7.35. The van der Waals surface area contributed by atoms with Crippen molar-refractivity contribution in [1.29, 1.82) is 0 Å². The number of carbonyl (C=O) groups is 2. The Kier molecular flexibility index (Phi) is 36.8. The number of carbonyl (C=O) groups excluding carboxylic acids is 2. The summed E-state index contributed by atoms with van der Waals surface area (Å²) in [5, 5.41) is 9.54. The van der Waals surface area contributed by atoms with E-state index < -0.39 is 6.10 Å². The SMILES string of the molecule is CC/C=C/C=C/C=C/C=C/CCCCCC(=O)OCC(CO)OC(=O)CCCCCC/C=C/C/C=C/C/C=C/C/C=C/C/C=C/C/C=C/CC. The number of hydrogen-bond acceptors (Lipinski definition) is 5. The second-order valence-corrected chi connectivity index (χ2v) is 12.0. The molecule has 0 amide bonds. The highest BCUT2D eigenvalue weighted by molar-refractivity contribution is 5.70. The first-order valence-corrected chi connectivity index (χ1v) is 19.1. The number of rotatable bonds is 32. The van der Waals surface area contributed by atoms with Crippen LogP contribution in [0.4, 0.5) is 0 Å². The van der Waals surface area contributed by atoms with E-state index >= 15 is 0 Å². The van der Waals surface area contributed by atoms with Crippen LogP contribution in [0.3, 0.4) is 0 Å². The lowest BCUT2D eigenvalue weighted by Gasteiger charge is -2.15. The maximum Gasteiger partial charge on any atom is 0.306 e. The molecule has 0 fully saturated rings. The Bertz CT molecular complexity index is 1100. The summed E-state index contributed by atoms with van der Waals surface area (Å²) in [4.78, 5) is 24.2. The second kappa shape index (κ2) is 39.7. The van der Waals surface area contributed by atoms with Crippen molar-refractivity contribution in [3.63, 3.8) is 0 Å². The minimum atomic E-state index is -0.810. The molecule has 50 heavy (non-hydrogen) atoms. The molecule has 1 N–H and O–H groups in total. The van der Waals surface area contributed by atoms with Gasteiger partial charge in [0.25, 0.3) is 0 Å². The van der Waals surface area contributed by atoms with Crippen molar-refractivity contribution >= 4 is 11.9 Å². The van der Waals surface area contributed by atoms with Gasteiger partial charge in [-0.25, -0.2) is 0 Å². The Morgan fingerprint density at radius 2 is 0.900 bits per heavy atom. The Balaban J connectivity index is 3.74. The number of aliphatic hydroxyl groups excluding tert-OH is 1. The van der Waals surface area contributed by atoms with Gasteiger partial charge in [-0.3, -0.25) is 9.59 Å². The molecule has 0 aromatic carbocycles. The van der Waals surface area contributed by atoms with Crippen LogP contribution in [0, 0.1) is 0 Å². The summed E-state index contributed by atoms with van der Waals surface area (Å²) in [6, 6.07) is 0. The van der Waals surface area contributed by atoms with Crippen LogP contribution in [0.15, 0.2) is 122 Å². The van der Waals surface area contributed by atoms with Crippen molar-refractivity contribution in [2.75, 3.05) is 13.2 Å². The number of ether oxygens (including phenoxy) is 2. The lowest BCUT2D eigenvalue weighted by molar-refractivity contribution is -0.161. The van der Waals surface area contributed by atoms with Gasteiger partial charge in [-0.05, 0) is 83.5 Å². The molecular formula is C45H68O5. The van der Waals surface area contributed by atoms with Gasteiger partial charge < -0.3 is 14.6 Å². The van der Waals surface area contributed by atoms with Crippen molar-refractivity contribution in [3.05, 3.63) is 122 Å². The molecule has 5 nitrogen and oxygen atoms in total. The van der Waals surface area contributed by atoms with Gasteiger partial charge in [-0.15, -0.1) is 0 Å². The summed E-state index contributed by atoms with van der Waals surface area (Å²) < 4.78 is 10.5. The Labute approximate surface area is 305 Å². The van der Waals surface area contributed by atoms with Gasteiger partial charge in [0.2, 0.25) is 0 Å². The Morgan fingerprint density at radius 3 is 1.44 bits per heavy atom. The van der Waals surface area contributed by atoms with E-state index in [0.717, 1.165) is 103 Å². The predicted octanol–water partition coefficient (Wildman–Crippen LogP) is 12.1. The van der Waals surface area contributed by atoms with Crippen LogP contribution in [0.1, 0.15) is 129 Å². The van der Waals surface area contributed by atoms with Gasteiger partial charge in [0.05, 0.1) is 6.61 Å². The molecule has 0 aromatic heterocycles. The van der Waals surface area contributed by atoms with E-state index in [1.54, 1.807) is 0 Å². The fourth-order valence-corrected chi connectivity index (χ4v) is 4.51. The van der Waals surface area contributed by atoms with Crippen LogP contribution in [-0.2, 0) is 19.1 Å². The third-order valence-electron chi connectivity index (χ3n) is 7.35. The summed E-state index contributed by atoms with van der Waals surface area (Å²) >= 11 is 0. The molecule has 0 rings (SSSR count). The summed E-state index contributed by atoms with van der Waals surface area (Å²) in [5.41, 5.74) is 0. The molecule has 0 heterocycles. The van der Waals surface area contributed by atoms with Crippen molar-refractivity contribution in [3.8, 4) is 0 Å². The lowest BCUT2D eigenvalue weighted by Crippen LogP contribution is -2.28. The quantitative estimate of drug-likeness (QED) is 0.0330. The molecule has 0 spiro atoms. The Morgan fingerprint density at radius 1 is 0.480 bits per heavy atom. The van der Waals surface area contributed by atoms with Crippen LogP contribution < -0.4 is 0 Å². The van der Waals surface area contributed by atoms with Gasteiger partial charge in [-0.1, -0.05) is 155 Å². The fraction of sp³-hybridized carbons (Fsp3) is 0.511. The van der Waals surface area contributed by atoms with E-state index in [4.69, 9.17) is 9.47 Å². The molecule has 0 bridgehead atoms. The lowest BCUT2D eigenvalue weighted by atomic mass is 10.1. The van der Waals surface area contributed by atoms with Crippen LogP contribution in [-0.4, -0.2) is 36.4 Å². The maximum atomic E-state index is 12.2. The van der Waals surface area contributed by atoms with Crippen LogP contribution in [0.5, 0.6) is 0 Å². The largest absolute Gasteiger partial charge is 0.462 e. The molecule has 0 saturated carbocycles. The number of aliphatic hydroxyl groups is 1. The molecule has 1 unspecified atom stereocenters. The minimum absolute atomic E-state index is 0.106. The molecule has 5 heteroatoms. The fourth-order valence-electron chi connectivity index (χ4n) is 4.51. The van der Waals surface area contributed by atoms with E-state index in [0.29, 0.717) is 12.8 Å². The molecule has 0 aromatic rings. The summed E-state index contributed by atoms with van der Waals surface area (Å²) in [5.74, 6) is -0.682. The standard InChI is InChI=1S/C45H68O5/c1-3-5-7-9-11-13-15-17-18-19-20-21-22-23-24-25-26-28-30-32-34-36-38-40-45(48)50-43(41-46)42-49-44(47)39-37-35-33-31-29-27-16-14-12-10-8-6-4-2/h5-8,10-14,16-18,20-21,23-24,26-29,43,46H,3-4,9,15,19,22,25,30-42H2,1-2H3/b7-5+,8-6+,12-10+,13-11+,16-14+,18-17+,21-20+,24-23+,28-26+,29-27+. The highest BCUT2D eigenvalue weighted by Gasteiger charge is 2.16. The molecule has 0 aliphatic rings. The smallest absolute Gasteiger partial charge is 0.306 e. The van der Waals surface area contributed by atoms with Crippen LogP contribution >= 0.6 is 0 Å². The summed E-state index contributed by atoms with van der Waals surface area (Å²) in [7, 11) is 0. The van der Waals surface area contributed by atoms with E-state index in [-0.39, 0.29) is 25.2 Å². The normalized spacial score (nSPS) is 13.6. The Hall–Kier alpha value is -3.70. The van der Waals surface area contributed by atoms with Gasteiger partial charge in [0.1, 0.15) is 6.61 Å². The molecule has 1 atom stereocenters. The highest BCUT2D eigenvalue weighted by atomic mass is 16.6. The van der Waals surface area contributed by atoms with Crippen molar-refractivity contribution in [1.82, 2.24) is 0 Å². The van der Waals surface area contributed by atoms with Crippen molar-refractivity contribution in [2.24, 2.45) is 0 Å². The zero-order chi connectivity index (χ0) is 36.4. The van der Waals surface area contributed by atoms with Gasteiger partial charge in [0, 0.05) is 12.8 Å². The molecule has 278 valence electrons. The number of allylic oxidation sites excluding steroid dienone is 20. The molecule has 0 radical (unpaired) electrons. The first-order valence-electron chi connectivity index (χ1n) is 19.1. The molecule has 0 aliphatic carbocycles. The molecule has 0 aliphatic heterocycles. The summed E-state index contributed by atoms with van der Waals surface area (Å²) in [6.45, 7) is 3.79.